The maximum Gasteiger partial charge on any atom is 0.272 e. The third-order valence-corrected chi connectivity index (χ3v) is 4.76. The van der Waals surface area contributed by atoms with Gasteiger partial charge in [0.05, 0.1) is 5.52 Å². The van der Waals surface area contributed by atoms with Crippen molar-refractivity contribution in [1.29, 1.82) is 0 Å². The number of aromatic nitrogens is 1. The number of fused-ring (bicyclic) bond motifs is 1. The van der Waals surface area contributed by atoms with Gasteiger partial charge in [-0.25, -0.2) is 9.37 Å². The van der Waals surface area contributed by atoms with Gasteiger partial charge in [0, 0.05) is 37.1 Å². The number of hydrogen-bond donors (Lipinski definition) is 0. The van der Waals surface area contributed by atoms with Crippen LogP contribution in [0.3, 0.4) is 0 Å². The minimum Gasteiger partial charge on any atom is -0.335 e. The number of amides is 2. The van der Waals surface area contributed by atoms with Gasteiger partial charge in [0.1, 0.15) is 11.5 Å². The van der Waals surface area contributed by atoms with Crippen LogP contribution < -0.4 is 0 Å². The van der Waals surface area contributed by atoms with Crippen molar-refractivity contribution < 1.29 is 14.0 Å². The molecule has 0 aliphatic carbocycles. The monoisotopic (exact) mass is 363 g/mol. The molecule has 136 valence electrons. The summed E-state index contributed by atoms with van der Waals surface area (Å²) < 4.78 is 13.0. The fourth-order valence-electron chi connectivity index (χ4n) is 3.23. The molecule has 0 radical (unpaired) electrons. The second kappa shape index (κ2) is 7.15. The second-order valence-corrected chi connectivity index (χ2v) is 6.48. The highest BCUT2D eigenvalue weighted by Gasteiger charge is 2.26. The van der Waals surface area contributed by atoms with Crippen LogP contribution in [0.1, 0.15) is 20.8 Å². The van der Waals surface area contributed by atoms with Crippen LogP contribution in [0.15, 0.2) is 60.7 Å². The number of rotatable bonds is 2. The van der Waals surface area contributed by atoms with E-state index in [9.17, 15) is 14.0 Å². The number of carbonyl (C=O) groups is 2. The number of para-hydroxylation sites is 1. The maximum absolute atomic E-state index is 13.0. The Morgan fingerprint density at radius 1 is 0.778 bits per heavy atom. The Balaban J connectivity index is 1.42. The molecule has 1 fully saturated rings. The quantitative estimate of drug-likeness (QED) is 0.703. The molecular formula is C21H18FN3O2. The Kier molecular flexibility index (Phi) is 4.54. The van der Waals surface area contributed by atoms with Crippen LogP contribution in [0.4, 0.5) is 4.39 Å². The summed E-state index contributed by atoms with van der Waals surface area (Å²) in [5.41, 5.74) is 1.65. The molecule has 0 spiro atoms. The van der Waals surface area contributed by atoms with Gasteiger partial charge in [-0.05, 0) is 36.4 Å². The fraction of sp³-hybridized carbons (Fsp3) is 0.190. The van der Waals surface area contributed by atoms with Crippen LogP contribution in [0.5, 0.6) is 0 Å². The molecule has 3 aromatic rings. The SMILES string of the molecule is O=C(c1ccc(F)cc1)N1CCN(C(=O)c2ccc3ccccc3n2)CC1. The van der Waals surface area contributed by atoms with Gasteiger partial charge in [-0.2, -0.15) is 0 Å². The summed E-state index contributed by atoms with van der Waals surface area (Å²) in [4.78, 5) is 33.1. The van der Waals surface area contributed by atoms with Crippen LogP contribution in [0, 0.1) is 5.82 Å². The molecular weight excluding hydrogens is 345 g/mol. The lowest BCUT2D eigenvalue weighted by atomic mass is 10.1. The predicted molar refractivity (Wildman–Crippen MR) is 100.0 cm³/mol. The predicted octanol–water partition coefficient (Wildman–Crippen LogP) is 2.97. The summed E-state index contributed by atoms with van der Waals surface area (Å²) in [6, 6.07) is 16.8. The van der Waals surface area contributed by atoms with Gasteiger partial charge in [-0.3, -0.25) is 9.59 Å². The van der Waals surface area contributed by atoms with Crippen LogP contribution in [-0.2, 0) is 0 Å². The molecule has 6 heteroatoms. The Morgan fingerprint density at radius 3 is 2.11 bits per heavy atom. The molecule has 0 unspecified atom stereocenters. The minimum absolute atomic E-state index is 0.130. The molecule has 0 saturated carbocycles. The first kappa shape index (κ1) is 17.1. The van der Waals surface area contributed by atoms with Gasteiger partial charge >= 0.3 is 0 Å². The molecule has 1 aliphatic rings. The summed E-state index contributed by atoms with van der Waals surface area (Å²) in [5, 5.41) is 0.990. The first-order chi connectivity index (χ1) is 13.1. The van der Waals surface area contributed by atoms with Gasteiger partial charge in [0.15, 0.2) is 0 Å². The van der Waals surface area contributed by atoms with Crippen molar-refractivity contribution in [3.8, 4) is 0 Å². The largest absolute Gasteiger partial charge is 0.335 e. The summed E-state index contributed by atoms with van der Waals surface area (Å²) in [6.45, 7) is 1.77. The first-order valence-electron chi connectivity index (χ1n) is 8.82. The Hall–Kier alpha value is -3.28. The van der Waals surface area contributed by atoms with Crippen molar-refractivity contribution in [1.82, 2.24) is 14.8 Å². The van der Waals surface area contributed by atoms with E-state index in [1.807, 2.05) is 30.3 Å². The van der Waals surface area contributed by atoms with Gasteiger partial charge in [0.2, 0.25) is 0 Å². The zero-order valence-electron chi connectivity index (χ0n) is 14.6. The molecule has 2 heterocycles. The smallest absolute Gasteiger partial charge is 0.272 e. The number of carbonyl (C=O) groups excluding carboxylic acids is 2. The molecule has 0 N–H and O–H groups in total. The lowest BCUT2D eigenvalue weighted by molar-refractivity contribution is 0.0532. The normalized spacial score (nSPS) is 14.4. The number of nitrogens with zero attached hydrogens (tertiary/aromatic N) is 3. The third kappa shape index (κ3) is 3.51. The van der Waals surface area contributed by atoms with E-state index in [1.165, 1.54) is 24.3 Å². The average Bonchev–Trinajstić information content (AvgIpc) is 2.73. The molecule has 5 nitrogen and oxygen atoms in total. The topological polar surface area (TPSA) is 53.5 Å². The van der Waals surface area contributed by atoms with Crippen LogP contribution in [-0.4, -0.2) is 52.8 Å². The summed E-state index contributed by atoms with van der Waals surface area (Å²) in [7, 11) is 0. The van der Waals surface area contributed by atoms with Crippen molar-refractivity contribution >= 4 is 22.7 Å². The van der Waals surface area contributed by atoms with E-state index in [0.717, 1.165) is 10.9 Å². The number of halogens is 1. The van der Waals surface area contributed by atoms with Gasteiger partial charge in [0.25, 0.3) is 11.8 Å². The van der Waals surface area contributed by atoms with Crippen molar-refractivity contribution in [3.63, 3.8) is 0 Å². The summed E-state index contributed by atoms with van der Waals surface area (Å²) in [6.07, 6.45) is 0. The van der Waals surface area contributed by atoms with E-state index >= 15 is 0 Å². The highest BCUT2D eigenvalue weighted by atomic mass is 19.1. The van der Waals surface area contributed by atoms with E-state index in [0.29, 0.717) is 37.4 Å². The number of hydrogen-bond acceptors (Lipinski definition) is 3. The number of pyridine rings is 1. The van der Waals surface area contributed by atoms with E-state index in [1.54, 1.807) is 15.9 Å². The highest BCUT2D eigenvalue weighted by Crippen LogP contribution is 2.15. The second-order valence-electron chi connectivity index (χ2n) is 6.48. The van der Waals surface area contributed by atoms with Crippen LogP contribution in [0.2, 0.25) is 0 Å². The molecule has 0 atom stereocenters. The third-order valence-electron chi connectivity index (χ3n) is 4.76. The molecule has 1 aliphatic heterocycles. The molecule has 2 amide bonds. The van der Waals surface area contributed by atoms with Crippen molar-refractivity contribution in [2.75, 3.05) is 26.2 Å². The molecule has 1 saturated heterocycles. The van der Waals surface area contributed by atoms with Crippen molar-refractivity contribution in [2.24, 2.45) is 0 Å². The van der Waals surface area contributed by atoms with Gasteiger partial charge < -0.3 is 9.80 Å². The Bertz CT molecular complexity index is 996. The molecule has 27 heavy (non-hydrogen) atoms. The number of benzene rings is 2. The Labute approximate surface area is 156 Å². The average molecular weight is 363 g/mol. The summed E-state index contributed by atoms with van der Waals surface area (Å²) >= 11 is 0. The fourth-order valence-corrected chi connectivity index (χ4v) is 3.23. The van der Waals surface area contributed by atoms with E-state index in [-0.39, 0.29) is 17.6 Å². The lowest BCUT2D eigenvalue weighted by Crippen LogP contribution is -2.50. The zero-order valence-corrected chi connectivity index (χ0v) is 14.6. The number of piperazine rings is 1. The molecule has 1 aromatic heterocycles. The lowest BCUT2D eigenvalue weighted by Gasteiger charge is -2.34. The molecule has 2 aromatic carbocycles. The molecule has 4 rings (SSSR count). The van der Waals surface area contributed by atoms with Gasteiger partial charge in [-0.1, -0.05) is 24.3 Å². The highest BCUT2D eigenvalue weighted by molar-refractivity contribution is 5.96. The van der Waals surface area contributed by atoms with Crippen molar-refractivity contribution in [2.45, 2.75) is 0 Å². The van der Waals surface area contributed by atoms with Crippen LogP contribution in [0.25, 0.3) is 10.9 Å². The van der Waals surface area contributed by atoms with E-state index in [4.69, 9.17) is 0 Å². The van der Waals surface area contributed by atoms with E-state index < -0.39 is 0 Å². The van der Waals surface area contributed by atoms with Gasteiger partial charge in [-0.15, -0.1) is 0 Å². The summed E-state index contributed by atoms with van der Waals surface area (Å²) in [5.74, 6) is -0.648. The zero-order chi connectivity index (χ0) is 18.8. The maximum atomic E-state index is 13.0. The van der Waals surface area contributed by atoms with Crippen LogP contribution >= 0.6 is 0 Å². The first-order valence-corrected chi connectivity index (χ1v) is 8.82. The van der Waals surface area contributed by atoms with E-state index in [2.05, 4.69) is 4.98 Å². The standard InChI is InChI=1S/C21H18FN3O2/c22-17-8-5-16(6-9-17)20(26)24-11-13-25(14-12-24)21(27)19-10-7-15-3-1-2-4-18(15)23-19/h1-10H,11-14H2. The molecule has 0 bridgehead atoms. The Morgan fingerprint density at radius 2 is 1.41 bits per heavy atom. The van der Waals surface area contributed by atoms with Crippen molar-refractivity contribution in [3.05, 3.63) is 77.7 Å². The minimum atomic E-state index is -0.371.